The second kappa shape index (κ2) is 6.73. The van der Waals surface area contributed by atoms with E-state index in [-0.39, 0.29) is 17.7 Å². The molecule has 1 saturated heterocycles. The molecule has 3 aliphatic rings. The van der Waals surface area contributed by atoms with Crippen molar-refractivity contribution in [1.29, 1.82) is 0 Å². The van der Waals surface area contributed by atoms with Crippen LogP contribution in [0.4, 0.5) is 0 Å². The minimum absolute atomic E-state index is 0.103. The Bertz CT molecular complexity index is 684. The summed E-state index contributed by atoms with van der Waals surface area (Å²) < 4.78 is 0. The van der Waals surface area contributed by atoms with Gasteiger partial charge in [0.1, 0.15) is 5.82 Å². The van der Waals surface area contributed by atoms with E-state index in [0.29, 0.717) is 12.5 Å². The Morgan fingerprint density at radius 3 is 2.68 bits per heavy atom. The molecular formula is C19H26N4O2. The van der Waals surface area contributed by atoms with Crippen LogP contribution in [0.2, 0.25) is 0 Å². The molecular weight excluding hydrogens is 316 g/mol. The number of carbonyl (C=O) groups excluding carboxylic acids is 2. The summed E-state index contributed by atoms with van der Waals surface area (Å²) in [5.74, 6) is 1.82. The van der Waals surface area contributed by atoms with Crippen molar-refractivity contribution in [1.82, 2.24) is 19.8 Å². The molecule has 134 valence electrons. The molecule has 1 atom stereocenters. The van der Waals surface area contributed by atoms with Gasteiger partial charge in [0, 0.05) is 63.1 Å². The van der Waals surface area contributed by atoms with Crippen LogP contribution in [0.25, 0.3) is 0 Å². The van der Waals surface area contributed by atoms with Crippen molar-refractivity contribution in [2.24, 2.45) is 5.92 Å². The van der Waals surface area contributed by atoms with E-state index in [1.807, 2.05) is 16.0 Å². The molecule has 4 rings (SSSR count). The molecule has 1 aromatic heterocycles. The second-order valence-corrected chi connectivity index (χ2v) is 7.64. The van der Waals surface area contributed by atoms with Gasteiger partial charge >= 0.3 is 0 Å². The molecule has 3 heterocycles. The fourth-order valence-corrected chi connectivity index (χ4v) is 4.40. The van der Waals surface area contributed by atoms with E-state index in [0.717, 1.165) is 62.4 Å². The average Bonchev–Trinajstić information content (AvgIpc) is 3.32. The Morgan fingerprint density at radius 1 is 1.12 bits per heavy atom. The Morgan fingerprint density at radius 2 is 1.92 bits per heavy atom. The molecule has 0 N–H and O–H groups in total. The molecule has 0 bridgehead atoms. The molecule has 0 unspecified atom stereocenters. The Balaban J connectivity index is 1.43. The van der Waals surface area contributed by atoms with E-state index in [2.05, 4.69) is 4.98 Å². The maximum absolute atomic E-state index is 12.6. The molecule has 1 saturated carbocycles. The number of aromatic nitrogens is 2. The molecule has 6 heteroatoms. The first kappa shape index (κ1) is 16.5. The van der Waals surface area contributed by atoms with Crippen LogP contribution in [0, 0.1) is 5.92 Å². The third-order valence-electron chi connectivity index (χ3n) is 5.97. The first-order valence-corrected chi connectivity index (χ1v) is 9.51. The minimum atomic E-state index is 0.103. The molecule has 0 radical (unpaired) electrons. The highest BCUT2D eigenvalue weighted by molar-refractivity contribution is 5.79. The molecule has 6 nitrogen and oxygen atoms in total. The van der Waals surface area contributed by atoms with Gasteiger partial charge in [-0.05, 0) is 19.3 Å². The van der Waals surface area contributed by atoms with Crippen LogP contribution in [0.3, 0.4) is 0 Å². The zero-order valence-electron chi connectivity index (χ0n) is 14.9. The quantitative estimate of drug-likeness (QED) is 0.823. The third-order valence-corrected chi connectivity index (χ3v) is 5.97. The lowest BCUT2D eigenvalue weighted by atomic mass is 10.0. The zero-order chi connectivity index (χ0) is 17.4. The Kier molecular flexibility index (Phi) is 4.44. The van der Waals surface area contributed by atoms with Crippen LogP contribution in [-0.2, 0) is 22.6 Å². The average molecular weight is 342 g/mol. The molecule has 1 aromatic rings. The number of fused-ring (bicyclic) bond motifs is 1. The van der Waals surface area contributed by atoms with Crippen LogP contribution in [0.5, 0.6) is 0 Å². The maximum Gasteiger partial charge on any atom is 0.225 e. The standard InChI is InChI=1S/C19H26N4O2/c1-13(24)22-9-7-17-16(12-22)10-20-18(21-17)15-6-8-23(11-15)19(25)14-4-2-3-5-14/h10,14-15H,2-9,11-12H2,1H3/t15-/m0/s1. The van der Waals surface area contributed by atoms with Crippen molar-refractivity contribution >= 4 is 11.8 Å². The van der Waals surface area contributed by atoms with Crippen LogP contribution in [-0.4, -0.2) is 51.2 Å². The van der Waals surface area contributed by atoms with E-state index in [4.69, 9.17) is 4.98 Å². The van der Waals surface area contributed by atoms with Crippen molar-refractivity contribution in [2.75, 3.05) is 19.6 Å². The number of nitrogens with zero attached hydrogens (tertiary/aromatic N) is 4. The molecule has 0 aromatic carbocycles. The monoisotopic (exact) mass is 342 g/mol. The number of hydrogen-bond donors (Lipinski definition) is 0. The SMILES string of the molecule is CC(=O)N1CCc2nc([C@H]3CCN(C(=O)C4CCCC4)C3)ncc2C1. The molecule has 2 amide bonds. The highest BCUT2D eigenvalue weighted by Gasteiger charge is 2.34. The largest absolute Gasteiger partial charge is 0.342 e. The van der Waals surface area contributed by atoms with Gasteiger partial charge in [-0.1, -0.05) is 12.8 Å². The predicted octanol–water partition coefficient (Wildman–Crippen LogP) is 1.89. The number of carbonyl (C=O) groups is 2. The van der Waals surface area contributed by atoms with E-state index in [1.165, 1.54) is 12.8 Å². The lowest BCUT2D eigenvalue weighted by Gasteiger charge is -2.27. The highest BCUT2D eigenvalue weighted by Crippen LogP contribution is 2.31. The molecule has 25 heavy (non-hydrogen) atoms. The van der Waals surface area contributed by atoms with Crippen LogP contribution in [0.1, 0.15) is 62.0 Å². The van der Waals surface area contributed by atoms with Crippen LogP contribution in [0.15, 0.2) is 6.20 Å². The fourth-order valence-electron chi connectivity index (χ4n) is 4.40. The van der Waals surface area contributed by atoms with Gasteiger partial charge in [-0.2, -0.15) is 0 Å². The van der Waals surface area contributed by atoms with Crippen molar-refractivity contribution in [3.05, 3.63) is 23.3 Å². The first-order valence-electron chi connectivity index (χ1n) is 9.51. The lowest BCUT2D eigenvalue weighted by Crippen LogP contribution is -2.35. The van der Waals surface area contributed by atoms with Gasteiger partial charge in [-0.15, -0.1) is 0 Å². The molecule has 0 spiro atoms. The minimum Gasteiger partial charge on any atom is -0.342 e. The van der Waals surface area contributed by atoms with Gasteiger partial charge in [-0.25, -0.2) is 9.97 Å². The summed E-state index contributed by atoms with van der Waals surface area (Å²) in [6.45, 7) is 4.54. The normalized spacial score (nSPS) is 23.8. The van der Waals surface area contributed by atoms with E-state index in [1.54, 1.807) is 6.92 Å². The summed E-state index contributed by atoms with van der Waals surface area (Å²) in [6, 6.07) is 0. The number of amides is 2. The van der Waals surface area contributed by atoms with Crippen molar-refractivity contribution < 1.29 is 9.59 Å². The fraction of sp³-hybridized carbons (Fsp3) is 0.684. The number of likely N-dealkylation sites (tertiary alicyclic amines) is 1. The van der Waals surface area contributed by atoms with Gasteiger partial charge in [0.25, 0.3) is 0 Å². The Labute approximate surface area is 148 Å². The van der Waals surface area contributed by atoms with Gasteiger partial charge in [0.15, 0.2) is 0 Å². The smallest absolute Gasteiger partial charge is 0.225 e. The second-order valence-electron chi connectivity index (χ2n) is 7.64. The highest BCUT2D eigenvalue weighted by atomic mass is 16.2. The Hall–Kier alpha value is -1.98. The summed E-state index contributed by atoms with van der Waals surface area (Å²) in [4.78, 5) is 37.4. The van der Waals surface area contributed by atoms with E-state index >= 15 is 0 Å². The predicted molar refractivity (Wildman–Crippen MR) is 92.7 cm³/mol. The number of rotatable bonds is 2. The summed E-state index contributed by atoms with van der Waals surface area (Å²) in [5, 5.41) is 0. The van der Waals surface area contributed by atoms with Crippen LogP contribution >= 0.6 is 0 Å². The number of hydrogen-bond acceptors (Lipinski definition) is 4. The lowest BCUT2D eigenvalue weighted by molar-refractivity contribution is -0.134. The van der Waals surface area contributed by atoms with Crippen molar-refractivity contribution in [3.8, 4) is 0 Å². The maximum atomic E-state index is 12.6. The molecule has 2 aliphatic heterocycles. The molecule has 2 fully saturated rings. The third kappa shape index (κ3) is 3.26. The topological polar surface area (TPSA) is 66.4 Å². The van der Waals surface area contributed by atoms with Crippen molar-refractivity contribution in [2.45, 2.75) is 57.9 Å². The van der Waals surface area contributed by atoms with Gasteiger partial charge < -0.3 is 9.80 Å². The summed E-state index contributed by atoms with van der Waals surface area (Å²) in [6.07, 6.45) is 8.13. The van der Waals surface area contributed by atoms with Crippen molar-refractivity contribution in [3.63, 3.8) is 0 Å². The van der Waals surface area contributed by atoms with Gasteiger partial charge in [0.2, 0.25) is 11.8 Å². The summed E-state index contributed by atoms with van der Waals surface area (Å²) in [7, 11) is 0. The van der Waals surface area contributed by atoms with Gasteiger partial charge in [-0.3, -0.25) is 9.59 Å². The van der Waals surface area contributed by atoms with Crippen LogP contribution < -0.4 is 0 Å². The summed E-state index contributed by atoms with van der Waals surface area (Å²) >= 11 is 0. The summed E-state index contributed by atoms with van der Waals surface area (Å²) in [5.41, 5.74) is 2.13. The molecule has 1 aliphatic carbocycles. The van der Waals surface area contributed by atoms with E-state index in [9.17, 15) is 9.59 Å². The van der Waals surface area contributed by atoms with E-state index < -0.39 is 0 Å². The zero-order valence-corrected chi connectivity index (χ0v) is 14.9. The van der Waals surface area contributed by atoms with Gasteiger partial charge in [0.05, 0.1) is 5.69 Å². The first-order chi connectivity index (χ1) is 12.1.